The van der Waals surface area contributed by atoms with Gasteiger partial charge < -0.3 is 16.0 Å². The van der Waals surface area contributed by atoms with E-state index in [0.717, 1.165) is 29.4 Å². The molecule has 0 aliphatic heterocycles. The second-order valence-electron chi connectivity index (χ2n) is 9.35. The summed E-state index contributed by atoms with van der Waals surface area (Å²) in [4.78, 5) is 12.4. The summed E-state index contributed by atoms with van der Waals surface area (Å²) in [5.74, 6) is -0.167. The zero-order chi connectivity index (χ0) is 26.7. The highest BCUT2D eigenvalue weighted by Gasteiger charge is 2.34. The average molecular weight is 644 g/mol. The lowest BCUT2D eigenvalue weighted by Gasteiger charge is -2.27. The molecule has 9 heteroatoms. The van der Waals surface area contributed by atoms with Crippen molar-refractivity contribution in [1.29, 1.82) is 0 Å². The minimum atomic E-state index is -1.75. The van der Waals surface area contributed by atoms with E-state index in [1.54, 1.807) is 0 Å². The number of benzene rings is 1. The standard InChI is InChI=1S/C27H43BrCl3N3OS/c1-2-3-4-5-6-7-8-9-10-11-12-13-14-15-16-17-24(35)33-25(27(29,30)31)34-26(36)32-23-20-18-22(28)19-21-23/h18-21,25H,2-17H2,1H3,(H,33,35)(H2,32,34,36). The molecule has 1 aromatic carbocycles. The summed E-state index contributed by atoms with van der Waals surface area (Å²) in [7, 11) is 0. The van der Waals surface area contributed by atoms with Gasteiger partial charge in [-0.1, -0.05) is 148 Å². The first-order valence-electron chi connectivity index (χ1n) is 13.4. The van der Waals surface area contributed by atoms with Gasteiger partial charge in [-0.25, -0.2) is 0 Å². The molecule has 1 rings (SSSR count). The van der Waals surface area contributed by atoms with Gasteiger partial charge in [0.2, 0.25) is 9.70 Å². The van der Waals surface area contributed by atoms with Crippen LogP contribution in [0, 0.1) is 0 Å². The molecule has 0 bridgehead atoms. The van der Waals surface area contributed by atoms with Gasteiger partial charge in [0.25, 0.3) is 0 Å². The van der Waals surface area contributed by atoms with Crippen LogP contribution in [0.5, 0.6) is 0 Å². The number of nitrogens with one attached hydrogen (secondary N) is 3. The van der Waals surface area contributed by atoms with Gasteiger partial charge in [0, 0.05) is 16.6 Å². The Morgan fingerprint density at radius 1 is 0.806 bits per heavy atom. The number of carbonyl (C=O) groups is 1. The first-order chi connectivity index (χ1) is 17.2. The average Bonchev–Trinajstić information content (AvgIpc) is 2.82. The van der Waals surface area contributed by atoms with E-state index in [4.69, 9.17) is 47.0 Å². The Kier molecular flexibility index (Phi) is 19.4. The molecule has 0 heterocycles. The van der Waals surface area contributed by atoms with Gasteiger partial charge in [0.1, 0.15) is 6.17 Å². The molecule has 0 fully saturated rings. The molecule has 3 N–H and O–H groups in total. The number of alkyl halides is 3. The molecule has 0 saturated carbocycles. The van der Waals surface area contributed by atoms with Gasteiger partial charge in [-0.15, -0.1) is 0 Å². The number of hydrogen-bond donors (Lipinski definition) is 3. The fourth-order valence-corrected chi connectivity index (χ4v) is 4.75. The number of amides is 1. The molecule has 0 aliphatic carbocycles. The Bertz CT molecular complexity index is 732. The van der Waals surface area contributed by atoms with Crippen LogP contribution < -0.4 is 16.0 Å². The number of unbranched alkanes of at least 4 members (excludes halogenated alkanes) is 14. The zero-order valence-corrected chi connectivity index (χ0v) is 26.2. The van der Waals surface area contributed by atoms with E-state index in [0.29, 0.717) is 6.42 Å². The van der Waals surface area contributed by atoms with E-state index in [9.17, 15) is 4.79 Å². The largest absolute Gasteiger partial charge is 0.339 e. The lowest BCUT2D eigenvalue weighted by atomic mass is 10.0. The smallest absolute Gasteiger partial charge is 0.228 e. The summed E-state index contributed by atoms with van der Waals surface area (Å²) in [6.07, 6.45) is 18.7. The number of anilines is 1. The highest BCUT2D eigenvalue weighted by Crippen LogP contribution is 2.29. The van der Waals surface area contributed by atoms with Gasteiger partial charge in [0.15, 0.2) is 5.11 Å². The Hall–Kier alpha value is -0.270. The summed E-state index contributed by atoms with van der Waals surface area (Å²) in [6, 6.07) is 7.49. The maximum atomic E-state index is 12.4. The van der Waals surface area contributed by atoms with E-state index in [1.807, 2.05) is 24.3 Å². The second-order valence-corrected chi connectivity index (χ2v) is 13.0. The second kappa shape index (κ2) is 20.7. The van der Waals surface area contributed by atoms with Gasteiger partial charge in [-0.3, -0.25) is 4.79 Å². The molecule has 1 atom stereocenters. The van der Waals surface area contributed by atoms with Gasteiger partial charge in [-0.05, 0) is 42.9 Å². The predicted molar refractivity (Wildman–Crippen MR) is 165 cm³/mol. The maximum absolute atomic E-state index is 12.4. The molecule has 4 nitrogen and oxygen atoms in total. The lowest BCUT2D eigenvalue weighted by Crippen LogP contribution is -2.56. The Balaban J connectivity index is 2.11. The van der Waals surface area contributed by atoms with Crippen molar-refractivity contribution >= 4 is 79.7 Å². The van der Waals surface area contributed by atoms with Crippen LogP contribution in [0.3, 0.4) is 0 Å². The van der Waals surface area contributed by atoms with E-state index in [1.165, 1.54) is 77.0 Å². The van der Waals surface area contributed by atoms with Gasteiger partial charge in [-0.2, -0.15) is 0 Å². The van der Waals surface area contributed by atoms with Crippen LogP contribution in [0.1, 0.15) is 110 Å². The molecule has 36 heavy (non-hydrogen) atoms. The third-order valence-electron chi connectivity index (χ3n) is 6.02. The highest BCUT2D eigenvalue weighted by molar-refractivity contribution is 9.10. The van der Waals surface area contributed by atoms with Crippen LogP contribution in [-0.4, -0.2) is 21.0 Å². The third kappa shape index (κ3) is 18.1. The Morgan fingerprint density at radius 2 is 1.25 bits per heavy atom. The van der Waals surface area contributed by atoms with Crippen molar-refractivity contribution in [1.82, 2.24) is 10.6 Å². The summed E-state index contributed by atoms with van der Waals surface area (Å²) >= 11 is 26.9. The molecule has 206 valence electrons. The van der Waals surface area contributed by atoms with E-state index >= 15 is 0 Å². The minimum absolute atomic E-state index is 0.167. The normalized spacial score (nSPS) is 12.2. The number of thiocarbonyl (C=S) groups is 1. The third-order valence-corrected chi connectivity index (χ3v) is 7.42. The molecule has 0 aliphatic rings. The summed E-state index contributed by atoms with van der Waals surface area (Å²) in [5.41, 5.74) is 0.780. The van der Waals surface area contributed by atoms with Crippen molar-refractivity contribution in [3.8, 4) is 0 Å². The fourth-order valence-electron chi connectivity index (χ4n) is 3.92. The topological polar surface area (TPSA) is 53.2 Å². The molecule has 0 aromatic heterocycles. The van der Waals surface area contributed by atoms with Crippen molar-refractivity contribution in [3.63, 3.8) is 0 Å². The highest BCUT2D eigenvalue weighted by atomic mass is 79.9. The van der Waals surface area contributed by atoms with Crippen molar-refractivity contribution in [2.45, 2.75) is 120 Å². The first-order valence-corrected chi connectivity index (χ1v) is 15.7. The molecule has 0 spiro atoms. The Labute approximate surface area is 247 Å². The van der Waals surface area contributed by atoms with Crippen LogP contribution in [0.4, 0.5) is 5.69 Å². The van der Waals surface area contributed by atoms with Crippen LogP contribution in [0.2, 0.25) is 0 Å². The van der Waals surface area contributed by atoms with Crippen LogP contribution in [0.25, 0.3) is 0 Å². The summed E-state index contributed by atoms with van der Waals surface area (Å²) in [5, 5.41) is 8.91. The SMILES string of the molecule is CCCCCCCCCCCCCCCCCC(=O)NC(NC(=S)Nc1ccc(Br)cc1)C(Cl)(Cl)Cl. The zero-order valence-electron chi connectivity index (χ0n) is 21.5. The first kappa shape index (κ1) is 33.8. The number of carbonyl (C=O) groups excluding carboxylic acids is 1. The number of halogens is 4. The summed E-state index contributed by atoms with van der Waals surface area (Å²) in [6.45, 7) is 2.27. The van der Waals surface area contributed by atoms with Crippen LogP contribution in [-0.2, 0) is 4.79 Å². The fraction of sp³-hybridized carbons (Fsp3) is 0.704. The predicted octanol–water partition coefficient (Wildman–Crippen LogP) is 9.81. The molecule has 1 aromatic rings. The molecule has 1 unspecified atom stereocenters. The monoisotopic (exact) mass is 641 g/mol. The van der Waals surface area contributed by atoms with E-state index in [-0.39, 0.29) is 11.0 Å². The number of hydrogen-bond acceptors (Lipinski definition) is 2. The van der Waals surface area contributed by atoms with Crippen molar-refractivity contribution in [2.24, 2.45) is 0 Å². The van der Waals surface area contributed by atoms with Crippen LogP contribution >= 0.6 is 63.0 Å². The van der Waals surface area contributed by atoms with Crippen molar-refractivity contribution in [2.75, 3.05) is 5.32 Å². The van der Waals surface area contributed by atoms with Gasteiger partial charge >= 0.3 is 0 Å². The van der Waals surface area contributed by atoms with E-state index in [2.05, 4.69) is 38.8 Å². The van der Waals surface area contributed by atoms with Gasteiger partial charge in [0.05, 0.1) is 0 Å². The van der Waals surface area contributed by atoms with Crippen molar-refractivity contribution < 1.29 is 4.79 Å². The van der Waals surface area contributed by atoms with E-state index < -0.39 is 9.96 Å². The minimum Gasteiger partial charge on any atom is -0.339 e. The molecular formula is C27H43BrCl3N3OS. The van der Waals surface area contributed by atoms with Crippen molar-refractivity contribution in [3.05, 3.63) is 28.7 Å². The van der Waals surface area contributed by atoms with Crippen LogP contribution in [0.15, 0.2) is 28.7 Å². The quantitative estimate of drug-likeness (QED) is 0.0608. The number of rotatable bonds is 19. The molecular weight excluding hydrogens is 601 g/mol. The molecule has 0 saturated heterocycles. The molecule has 1 amide bonds. The lowest BCUT2D eigenvalue weighted by molar-refractivity contribution is -0.122. The maximum Gasteiger partial charge on any atom is 0.228 e. The molecule has 0 radical (unpaired) electrons. The summed E-state index contributed by atoms with van der Waals surface area (Å²) < 4.78 is -0.798. The Morgan fingerprint density at radius 3 is 1.69 bits per heavy atom.